The predicted octanol–water partition coefficient (Wildman–Crippen LogP) is 1.94. The number of carbonyl (C=O) groups excluding carboxylic acids is 2. The minimum absolute atomic E-state index is 0.0195. The molecule has 2 aromatic rings. The predicted molar refractivity (Wildman–Crippen MR) is 96.5 cm³/mol. The van der Waals surface area contributed by atoms with Crippen LogP contribution >= 0.6 is 0 Å². The quantitative estimate of drug-likeness (QED) is 0.870. The average Bonchev–Trinajstić information content (AvgIpc) is 3.18. The Kier molecular flexibility index (Phi) is 3.29. The van der Waals surface area contributed by atoms with E-state index < -0.39 is 5.66 Å². The molecule has 3 atom stereocenters. The molecule has 0 unspecified atom stereocenters. The summed E-state index contributed by atoms with van der Waals surface area (Å²) in [7, 11) is 0. The third kappa shape index (κ3) is 2.21. The number of hydrogen-bond donors (Lipinski definition) is 2. The largest absolute Gasteiger partial charge is 0.360 e. The molecule has 2 bridgehead atoms. The molecule has 2 fully saturated rings. The van der Waals surface area contributed by atoms with Crippen molar-refractivity contribution in [3.05, 3.63) is 59.9 Å². The number of nitrogens with zero attached hydrogens (tertiary/aromatic N) is 2. The Labute approximate surface area is 151 Å². The van der Waals surface area contributed by atoms with Crippen LogP contribution in [0.3, 0.4) is 0 Å². The van der Waals surface area contributed by atoms with Crippen molar-refractivity contribution in [2.24, 2.45) is 0 Å². The van der Waals surface area contributed by atoms with Crippen molar-refractivity contribution in [2.45, 2.75) is 43.4 Å². The summed E-state index contributed by atoms with van der Waals surface area (Å²) in [4.78, 5) is 31.7. The zero-order chi connectivity index (χ0) is 17.7. The Bertz CT molecular complexity index is 884. The van der Waals surface area contributed by atoms with E-state index in [1.54, 1.807) is 12.4 Å². The van der Waals surface area contributed by atoms with Crippen LogP contribution in [-0.4, -0.2) is 39.4 Å². The Morgan fingerprint density at radius 3 is 2.92 bits per heavy atom. The highest BCUT2D eigenvalue weighted by molar-refractivity contribution is 6.02. The van der Waals surface area contributed by atoms with Crippen molar-refractivity contribution in [2.75, 3.05) is 5.32 Å². The van der Waals surface area contributed by atoms with Gasteiger partial charge in [-0.15, -0.1) is 0 Å². The molecule has 6 nitrogen and oxygen atoms in total. The van der Waals surface area contributed by atoms with Crippen LogP contribution in [0.5, 0.6) is 0 Å². The molecule has 2 N–H and O–H groups in total. The summed E-state index contributed by atoms with van der Waals surface area (Å²) < 4.78 is 0. The molecule has 3 aliphatic rings. The second-order valence-corrected chi connectivity index (χ2v) is 7.39. The first kappa shape index (κ1) is 15.4. The fourth-order valence-electron chi connectivity index (χ4n) is 4.82. The van der Waals surface area contributed by atoms with E-state index in [1.807, 2.05) is 41.3 Å². The van der Waals surface area contributed by atoms with Gasteiger partial charge in [0, 0.05) is 30.5 Å². The summed E-state index contributed by atoms with van der Waals surface area (Å²) in [5.74, 6) is 0.0452. The maximum atomic E-state index is 13.0. The van der Waals surface area contributed by atoms with Gasteiger partial charge in [-0.1, -0.05) is 18.2 Å². The minimum atomic E-state index is -0.557. The lowest BCUT2D eigenvalue weighted by molar-refractivity contribution is -0.132. The van der Waals surface area contributed by atoms with Crippen molar-refractivity contribution in [3.63, 3.8) is 0 Å². The average molecular weight is 348 g/mol. The molecule has 0 saturated carbocycles. The molecule has 5 rings (SSSR count). The van der Waals surface area contributed by atoms with Gasteiger partial charge in [0.05, 0.1) is 18.0 Å². The van der Waals surface area contributed by atoms with Crippen LogP contribution in [-0.2, 0) is 11.2 Å². The van der Waals surface area contributed by atoms with Gasteiger partial charge >= 0.3 is 0 Å². The number of para-hydroxylation sites is 1. The number of hydrogen-bond acceptors (Lipinski definition) is 4. The van der Waals surface area contributed by atoms with E-state index in [-0.39, 0.29) is 23.9 Å². The van der Waals surface area contributed by atoms with Gasteiger partial charge in [-0.05, 0) is 36.6 Å². The minimum Gasteiger partial charge on any atom is -0.360 e. The van der Waals surface area contributed by atoms with Crippen LogP contribution in [0, 0.1) is 0 Å². The number of amides is 2. The Morgan fingerprint density at radius 2 is 2.08 bits per heavy atom. The highest BCUT2D eigenvalue weighted by atomic mass is 16.2. The maximum absolute atomic E-state index is 13.0. The first-order chi connectivity index (χ1) is 12.7. The summed E-state index contributed by atoms with van der Waals surface area (Å²) in [6.45, 7) is 0. The molecule has 4 heterocycles. The molecule has 2 saturated heterocycles. The molecular weight excluding hydrogens is 328 g/mol. The summed E-state index contributed by atoms with van der Waals surface area (Å²) in [5.41, 5.74) is 1.88. The molecule has 132 valence electrons. The topological polar surface area (TPSA) is 74.3 Å². The van der Waals surface area contributed by atoms with E-state index in [0.29, 0.717) is 12.0 Å². The summed E-state index contributed by atoms with van der Waals surface area (Å²) >= 11 is 0. The van der Waals surface area contributed by atoms with E-state index >= 15 is 0 Å². The molecule has 1 aromatic carbocycles. The number of nitrogens with one attached hydrogen (secondary N) is 2. The number of benzene rings is 1. The van der Waals surface area contributed by atoms with Gasteiger partial charge in [-0.25, -0.2) is 0 Å². The lowest BCUT2D eigenvalue weighted by atomic mass is 9.86. The van der Waals surface area contributed by atoms with Crippen molar-refractivity contribution >= 4 is 17.5 Å². The molecule has 0 aliphatic carbocycles. The molecule has 1 spiro atoms. The summed E-state index contributed by atoms with van der Waals surface area (Å²) in [6.07, 6.45) is 6.44. The highest BCUT2D eigenvalue weighted by Gasteiger charge is 2.59. The smallest absolute Gasteiger partial charge is 0.255 e. The lowest BCUT2D eigenvalue weighted by Crippen LogP contribution is -2.64. The van der Waals surface area contributed by atoms with E-state index in [1.165, 1.54) is 0 Å². The van der Waals surface area contributed by atoms with Crippen LogP contribution in [0.1, 0.15) is 35.2 Å². The zero-order valence-corrected chi connectivity index (χ0v) is 14.3. The summed E-state index contributed by atoms with van der Waals surface area (Å²) in [5, 5.41) is 6.72. The van der Waals surface area contributed by atoms with Crippen molar-refractivity contribution in [3.8, 4) is 0 Å². The second-order valence-electron chi connectivity index (χ2n) is 7.39. The third-order valence-corrected chi connectivity index (χ3v) is 5.86. The fraction of sp³-hybridized carbons (Fsp3) is 0.350. The van der Waals surface area contributed by atoms with E-state index in [0.717, 1.165) is 30.5 Å². The van der Waals surface area contributed by atoms with Gasteiger partial charge in [0.2, 0.25) is 5.91 Å². The van der Waals surface area contributed by atoms with Gasteiger partial charge in [0.15, 0.2) is 0 Å². The van der Waals surface area contributed by atoms with E-state index in [4.69, 9.17) is 0 Å². The van der Waals surface area contributed by atoms with Crippen molar-refractivity contribution in [1.82, 2.24) is 15.2 Å². The van der Waals surface area contributed by atoms with Crippen LogP contribution < -0.4 is 10.6 Å². The monoisotopic (exact) mass is 348 g/mol. The van der Waals surface area contributed by atoms with E-state index in [2.05, 4.69) is 15.6 Å². The normalized spacial score (nSPS) is 28.6. The van der Waals surface area contributed by atoms with Crippen LogP contribution in [0.2, 0.25) is 0 Å². The van der Waals surface area contributed by atoms with Crippen molar-refractivity contribution < 1.29 is 9.59 Å². The van der Waals surface area contributed by atoms with Gasteiger partial charge < -0.3 is 15.5 Å². The summed E-state index contributed by atoms with van der Waals surface area (Å²) in [6, 6.07) is 11.5. The van der Waals surface area contributed by atoms with E-state index in [9.17, 15) is 9.59 Å². The van der Waals surface area contributed by atoms with Crippen molar-refractivity contribution in [1.29, 1.82) is 0 Å². The first-order valence-electron chi connectivity index (χ1n) is 9.06. The number of pyridine rings is 1. The van der Waals surface area contributed by atoms with Gasteiger partial charge in [0.1, 0.15) is 5.66 Å². The van der Waals surface area contributed by atoms with Crippen LogP contribution in [0.15, 0.2) is 48.8 Å². The maximum Gasteiger partial charge on any atom is 0.255 e. The number of carbonyl (C=O) groups is 2. The number of rotatable bonds is 2. The number of anilines is 1. The Hall–Kier alpha value is -2.89. The molecule has 1 aromatic heterocycles. The zero-order valence-electron chi connectivity index (χ0n) is 14.3. The van der Waals surface area contributed by atoms with Crippen LogP contribution in [0.25, 0.3) is 0 Å². The Morgan fingerprint density at radius 1 is 1.19 bits per heavy atom. The number of fused-ring (bicyclic) bond motifs is 4. The molecule has 3 aliphatic heterocycles. The number of aromatic nitrogens is 1. The molecule has 2 amide bonds. The molecule has 26 heavy (non-hydrogen) atoms. The Balaban J connectivity index is 1.43. The van der Waals surface area contributed by atoms with Gasteiger partial charge in [0.25, 0.3) is 5.91 Å². The van der Waals surface area contributed by atoms with Crippen LogP contribution in [0.4, 0.5) is 5.69 Å². The highest BCUT2D eigenvalue weighted by Crippen LogP contribution is 2.46. The molecular formula is C20H20N4O2. The van der Waals surface area contributed by atoms with Gasteiger partial charge in [-0.3, -0.25) is 14.6 Å². The van der Waals surface area contributed by atoms with Gasteiger partial charge in [-0.2, -0.15) is 0 Å². The fourth-order valence-corrected chi connectivity index (χ4v) is 4.82. The molecule has 6 heteroatoms. The molecule has 0 radical (unpaired) electrons. The second kappa shape index (κ2) is 5.56. The standard InChI is InChI=1S/C20H20N4O2/c25-18(10-13-4-3-9-21-12-13)24-14-7-8-17(24)20(11-14)22-16-6-2-1-5-15(16)19(26)23-20/h1-6,9,12,14,17,22H,7-8,10-11H2,(H,23,26)/t14-,17-,20-/m1/s1. The lowest BCUT2D eigenvalue weighted by Gasteiger charge is -2.43. The first-order valence-corrected chi connectivity index (χ1v) is 9.06. The third-order valence-electron chi connectivity index (χ3n) is 5.86. The SMILES string of the molecule is O=C1N[C@@]2(C[C@H]3CC[C@H]2N3C(=O)Cc2cccnc2)Nc2ccccc21.